The number of hydrogen-bond donors (Lipinski definition) is 1. The number of nitrogens with zero attached hydrogens (tertiary/aromatic N) is 2. The first-order valence-electron chi connectivity index (χ1n) is 6.46. The molecule has 1 aromatic heterocycles. The molecule has 1 atom stereocenters. The first-order valence-corrected chi connectivity index (χ1v) is 7.29. The van der Waals surface area contributed by atoms with Crippen LogP contribution >= 0.6 is 11.5 Å². The fourth-order valence-electron chi connectivity index (χ4n) is 2.00. The van der Waals surface area contributed by atoms with Gasteiger partial charge in [-0.05, 0) is 61.1 Å². The first kappa shape index (κ1) is 14.1. The second kappa shape index (κ2) is 6.73. The van der Waals surface area contributed by atoms with Crippen LogP contribution in [0.2, 0.25) is 0 Å². The summed E-state index contributed by atoms with van der Waals surface area (Å²) in [5, 5.41) is 9.53. The van der Waals surface area contributed by atoms with Gasteiger partial charge in [0.25, 0.3) is 0 Å². The molecular formula is C14H18FN3S. The van der Waals surface area contributed by atoms with Gasteiger partial charge in [-0.3, -0.25) is 0 Å². The van der Waals surface area contributed by atoms with Gasteiger partial charge in [0.1, 0.15) is 5.82 Å². The summed E-state index contributed by atoms with van der Waals surface area (Å²) in [5.74, 6) is -0.189. The fourth-order valence-corrected chi connectivity index (χ4v) is 2.51. The van der Waals surface area contributed by atoms with Crippen molar-refractivity contribution >= 4 is 11.5 Å². The van der Waals surface area contributed by atoms with Crippen LogP contribution in [0.15, 0.2) is 23.6 Å². The third-order valence-corrected chi connectivity index (χ3v) is 3.63. The van der Waals surface area contributed by atoms with Crippen molar-refractivity contribution in [3.8, 4) is 0 Å². The number of nitrogens with one attached hydrogen (secondary N) is 1. The van der Waals surface area contributed by atoms with Gasteiger partial charge in [0, 0.05) is 5.38 Å². The predicted octanol–water partition coefficient (Wildman–Crippen LogP) is 3.27. The highest BCUT2D eigenvalue weighted by Gasteiger charge is 2.15. The molecule has 1 heterocycles. The van der Waals surface area contributed by atoms with Gasteiger partial charge < -0.3 is 5.32 Å². The molecular weight excluding hydrogens is 261 g/mol. The van der Waals surface area contributed by atoms with E-state index in [1.54, 1.807) is 6.07 Å². The molecule has 0 amide bonds. The van der Waals surface area contributed by atoms with Crippen molar-refractivity contribution in [3.63, 3.8) is 0 Å². The third kappa shape index (κ3) is 3.81. The van der Waals surface area contributed by atoms with Crippen LogP contribution in [0.25, 0.3) is 0 Å². The molecule has 3 nitrogen and oxygen atoms in total. The third-order valence-electron chi connectivity index (χ3n) is 3.11. The van der Waals surface area contributed by atoms with Crippen LogP contribution in [0.1, 0.15) is 36.2 Å². The van der Waals surface area contributed by atoms with Gasteiger partial charge in [0.05, 0.1) is 11.7 Å². The maximum atomic E-state index is 13.3. The maximum absolute atomic E-state index is 13.3. The van der Waals surface area contributed by atoms with E-state index in [0.29, 0.717) is 0 Å². The monoisotopic (exact) mass is 279 g/mol. The van der Waals surface area contributed by atoms with Crippen molar-refractivity contribution in [3.05, 3.63) is 46.2 Å². The van der Waals surface area contributed by atoms with Gasteiger partial charge >= 0.3 is 0 Å². The van der Waals surface area contributed by atoms with Crippen LogP contribution in [0.4, 0.5) is 4.39 Å². The van der Waals surface area contributed by atoms with Gasteiger partial charge in [-0.15, -0.1) is 5.10 Å². The van der Waals surface area contributed by atoms with Crippen LogP contribution < -0.4 is 5.32 Å². The summed E-state index contributed by atoms with van der Waals surface area (Å²) in [5.41, 5.74) is 3.05. The van der Waals surface area contributed by atoms with Crippen molar-refractivity contribution in [1.82, 2.24) is 14.9 Å². The SMILES string of the molecule is CCCNC(Cc1cc(F)ccc1C)c1csnn1. The van der Waals surface area contributed by atoms with Gasteiger partial charge in [-0.1, -0.05) is 17.5 Å². The second-order valence-corrected chi connectivity index (χ2v) is 5.22. The maximum Gasteiger partial charge on any atom is 0.123 e. The summed E-state index contributed by atoms with van der Waals surface area (Å²) in [6.07, 6.45) is 1.78. The van der Waals surface area contributed by atoms with E-state index in [1.807, 2.05) is 18.4 Å². The van der Waals surface area contributed by atoms with Crippen LogP contribution in [0, 0.1) is 12.7 Å². The standard InChI is InChI=1S/C14H18FN3S/c1-3-6-16-13(14-9-19-18-17-14)8-11-7-12(15)5-4-10(11)2/h4-5,7,9,13,16H,3,6,8H2,1-2H3. The fraction of sp³-hybridized carbons (Fsp3) is 0.429. The highest BCUT2D eigenvalue weighted by atomic mass is 32.1. The summed E-state index contributed by atoms with van der Waals surface area (Å²) >= 11 is 1.34. The predicted molar refractivity (Wildman–Crippen MR) is 75.8 cm³/mol. The zero-order chi connectivity index (χ0) is 13.7. The molecule has 0 bridgehead atoms. The number of halogens is 1. The van der Waals surface area contributed by atoms with Crippen molar-refractivity contribution in [1.29, 1.82) is 0 Å². The second-order valence-electron chi connectivity index (χ2n) is 4.61. The largest absolute Gasteiger partial charge is 0.308 e. The van der Waals surface area contributed by atoms with E-state index >= 15 is 0 Å². The molecule has 0 aliphatic carbocycles. The number of aryl methyl sites for hydroxylation is 1. The highest BCUT2D eigenvalue weighted by molar-refractivity contribution is 7.03. The lowest BCUT2D eigenvalue weighted by atomic mass is 9.99. The molecule has 0 fully saturated rings. The molecule has 1 unspecified atom stereocenters. The molecule has 0 radical (unpaired) electrons. The van der Waals surface area contributed by atoms with Crippen molar-refractivity contribution in [2.75, 3.05) is 6.54 Å². The average molecular weight is 279 g/mol. The van der Waals surface area contributed by atoms with Crippen LogP contribution in [0.3, 0.4) is 0 Å². The Kier molecular flexibility index (Phi) is 4.99. The zero-order valence-corrected chi connectivity index (χ0v) is 12.0. The minimum Gasteiger partial charge on any atom is -0.308 e. The van der Waals surface area contributed by atoms with E-state index in [1.165, 1.54) is 17.6 Å². The summed E-state index contributed by atoms with van der Waals surface area (Å²) in [6, 6.07) is 5.02. The molecule has 19 heavy (non-hydrogen) atoms. The summed E-state index contributed by atoms with van der Waals surface area (Å²) in [4.78, 5) is 0. The van der Waals surface area contributed by atoms with Crippen molar-refractivity contribution in [2.45, 2.75) is 32.7 Å². The molecule has 0 aliphatic rings. The smallest absolute Gasteiger partial charge is 0.123 e. The van der Waals surface area contributed by atoms with E-state index in [9.17, 15) is 4.39 Å². The van der Waals surface area contributed by atoms with Crippen LogP contribution in [-0.4, -0.2) is 16.1 Å². The molecule has 0 saturated heterocycles. The summed E-state index contributed by atoms with van der Waals surface area (Å²) in [7, 11) is 0. The summed E-state index contributed by atoms with van der Waals surface area (Å²) < 4.78 is 17.3. The lowest BCUT2D eigenvalue weighted by Crippen LogP contribution is -2.24. The Hall–Kier alpha value is -1.33. The number of rotatable bonds is 6. The van der Waals surface area contributed by atoms with Crippen molar-refractivity contribution in [2.24, 2.45) is 0 Å². The normalized spacial score (nSPS) is 12.6. The Bertz CT molecular complexity index is 513. The van der Waals surface area contributed by atoms with E-state index in [0.717, 1.165) is 36.2 Å². The van der Waals surface area contributed by atoms with E-state index in [4.69, 9.17) is 0 Å². The minimum absolute atomic E-state index is 0.0965. The Morgan fingerprint density at radius 2 is 2.26 bits per heavy atom. The Labute approximate surface area is 117 Å². The molecule has 2 rings (SSSR count). The molecule has 102 valence electrons. The minimum atomic E-state index is -0.189. The van der Waals surface area contributed by atoms with E-state index in [2.05, 4.69) is 21.8 Å². The number of aromatic nitrogens is 2. The molecule has 0 saturated carbocycles. The Morgan fingerprint density at radius 1 is 1.42 bits per heavy atom. The van der Waals surface area contributed by atoms with Crippen molar-refractivity contribution < 1.29 is 4.39 Å². The van der Waals surface area contributed by atoms with E-state index < -0.39 is 0 Å². The van der Waals surface area contributed by atoms with Gasteiger partial charge in [0.15, 0.2) is 0 Å². The lowest BCUT2D eigenvalue weighted by molar-refractivity contribution is 0.514. The molecule has 1 aromatic carbocycles. The number of benzene rings is 1. The molecule has 5 heteroatoms. The quantitative estimate of drug-likeness (QED) is 0.882. The van der Waals surface area contributed by atoms with Gasteiger partial charge in [0.2, 0.25) is 0 Å². The highest BCUT2D eigenvalue weighted by Crippen LogP contribution is 2.20. The molecule has 1 N–H and O–H groups in total. The topological polar surface area (TPSA) is 37.8 Å². The Balaban J connectivity index is 2.17. The van der Waals surface area contributed by atoms with Crippen LogP contribution in [-0.2, 0) is 6.42 Å². The van der Waals surface area contributed by atoms with Crippen LogP contribution in [0.5, 0.6) is 0 Å². The lowest BCUT2D eigenvalue weighted by Gasteiger charge is -2.17. The van der Waals surface area contributed by atoms with E-state index in [-0.39, 0.29) is 11.9 Å². The first-order chi connectivity index (χ1) is 9.20. The molecule has 0 aliphatic heterocycles. The number of hydrogen-bond acceptors (Lipinski definition) is 4. The molecule has 2 aromatic rings. The average Bonchev–Trinajstić information content (AvgIpc) is 2.92. The van der Waals surface area contributed by atoms with Gasteiger partial charge in [-0.25, -0.2) is 4.39 Å². The van der Waals surface area contributed by atoms with Gasteiger partial charge in [-0.2, -0.15) is 0 Å². The summed E-state index contributed by atoms with van der Waals surface area (Å²) in [6.45, 7) is 5.04. The zero-order valence-electron chi connectivity index (χ0n) is 11.2. The molecule has 0 spiro atoms. The Morgan fingerprint density at radius 3 is 2.95 bits per heavy atom.